The average Bonchev–Trinajstić information content (AvgIpc) is 2.86. The number of hydrogen-bond acceptors (Lipinski definition) is 4. The van der Waals surface area contributed by atoms with E-state index < -0.39 is 23.7 Å². The van der Waals surface area contributed by atoms with Gasteiger partial charge in [-0.05, 0) is 12.5 Å². The minimum atomic E-state index is -0.730. The molecule has 4 N–H and O–H groups in total. The maximum atomic E-state index is 11.8. The van der Waals surface area contributed by atoms with Crippen LogP contribution in [-0.4, -0.2) is 38.3 Å². The highest BCUT2D eigenvalue weighted by atomic mass is 16.3. The molecule has 7 heteroatoms. The van der Waals surface area contributed by atoms with Gasteiger partial charge in [-0.15, -0.1) is 5.10 Å². The molecule has 1 aromatic heterocycles. The predicted octanol–water partition coefficient (Wildman–Crippen LogP) is -0.180. The molecule has 1 aromatic carbocycles. The van der Waals surface area contributed by atoms with E-state index in [9.17, 15) is 14.7 Å². The standard InChI is InChI=1S/C13H16N4O3/c1-8(10(18)7-9-5-3-2-4-6-9)14-12(19)11-15-13(20)17-16-11/h2-6,8,10,18H,7H2,1H3,(H,14,19)(H2,15,16,17,20). The normalized spacial score (nSPS) is 13.7. The van der Waals surface area contributed by atoms with E-state index in [1.54, 1.807) is 6.92 Å². The van der Waals surface area contributed by atoms with E-state index in [4.69, 9.17) is 0 Å². The van der Waals surface area contributed by atoms with E-state index in [0.717, 1.165) is 5.56 Å². The lowest BCUT2D eigenvalue weighted by molar-refractivity contribution is 0.0842. The molecule has 0 fully saturated rings. The number of rotatable bonds is 5. The van der Waals surface area contributed by atoms with Crippen LogP contribution in [0.1, 0.15) is 23.1 Å². The number of nitrogens with zero attached hydrogens (tertiary/aromatic N) is 1. The number of aliphatic hydroxyl groups excluding tert-OH is 1. The van der Waals surface area contributed by atoms with Crippen LogP contribution in [0.4, 0.5) is 0 Å². The summed E-state index contributed by atoms with van der Waals surface area (Å²) < 4.78 is 0. The molecule has 0 bridgehead atoms. The van der Waals surface area contributed by atoms with Gasteiger partial charge in [0.1, 0.15) is 0 Å². The first-order chi connectivity index (χ1) is 9.56. The Morgan fingerprint density at radius 2 is 2.10 bits per heavy atom. The van der Waals surface area contributed by atoms with Crippen LogP contribution in [0.25, 0.3) is 0 Å². The van der Waals surface area contributed by atoms with Gasteiger partial charge in [-0.1, -0.05) is 30.3 Å². The number of aromatic nitrogens is 3. The third-order valence-electron chi connectivity index (χ3n) is 2.94. The summed E-state index contributed by atoms with van der Waals surface area (Å²) >= 11 is 0. The molecule has 0 saturated heterocycles. The van der Waals surface area contributed by atoms with Crippen LogP contribution in [0, 0.1) is 0 Å². The predicted molar refractivity (Wildman–Crippen MR) is 72.3 cm³/mol. The first-order valence-electron chi connectivity index (χ1n) is 6.24. The van der Waals surface area contributed by atoms with Gasteiger partial charge in [0.2, 0.25) is 5.82 Å². The van der Waals surface area contributed by atoms with Crippen LogP contribution < -0.4 is 11.0 Å². The highest BCUT2D eigenvalue weighted by Gasteiger charge is 2.19. The lowest BCUT2D eigenvalue weighted by Gasteiger charge is -2.19. The van der Waals surface area contributed by atoms with Gasteiger partial charge < -0.3 is 10.4 Å². The summed E-state index contributed by atoms with van der Waals surface area (Å²) in [5.74, 6) is -0.642. The molecule has 1 heterocycles. The molecule has 2 rings (SSSR count). The number of carbonyl (C=O) groups is 1. The van der Waals surface area contributed by atoms with Crippen molar-refractivity contribution in [2.45, 2.75) is 25.5 Å². The number of H-pyrrole nitrogens is 2. The quantitative estimate of drug-likeness (QED) is 0.607. The van der Waals surface area contributed by atoms with E-state index in [1.165, 1.54) is 0 Å². The van der Waals surface area contributed by atoms with Crippen molar-refractivity contribution in [3.63, 3.8) is 0 Å². The van der Waals surface area contributed by atoms with Gasteiger partial charge in [0.25, 0.3) is 5.91 Å². The second-order valence-electron chi connectivity index (χ2n) is 4.55. The van der Waals surface area contributed by atoms with Gasteiger partial charge >= 0.3 is 5.69 Å². The monoisotopic (exact) mass is 276 g/mol. The van der Waals surface area contributed by atoms with Gasteiger partial charge in [0.05, 0.1) is 12.1 Å². The number of amides is 1. The minimum Gasteiger partial charge on any atom is -0.391 e. The summed E-state index contributed by atoms with van der Waals surface area (Å²) in [5.41, 5.74) is 0.432. The molecule has 7 nitrogen and oxygen atoms in total. The van der Waals surface area contributed by atoms with Gasteiger partial charge in [0, 0.05) is 6.42 Å². The zero-order valence-corrected chi connectivity index (χ0v) is 11.0. The highest BCUT2D eigenvalue weighted by Crippen LogP contribution is 2.06. The van der Waals surface area contributed by atoms with Crippen molar-refractivity contribution in [2.75, 3.05) is 0 Å². The van der Waals surface area contributed by atoms with Gasteiger partial charge in [0.15, 0.2) is 0 Å². The van der Waals surface area contributed by atoms with Crippen LogP contribution >= 0.6 is 0 Å². The average molecular weight is 276 g/mol. The molecule has 0 saturated carbocycles. The molecule has 0 radical (unpaired) electrons. The molecule has 0 aliphatic carbocycles. The SMILES string of the molecule is CC(NC(=O)c1n[nH]c(=O)[nH]1)C(O)Cc1ccccc1. The Bertz CT molecular complexity index is 620. The fraction of sp³-hybridized carbons (Fsp3) is 0.308. The molecule has 2 aromatic rings. The fourth-order valence-electron chi connectivity index (χ4n) is 1.78. The summed E-state index contributed by atoms with van der Waals surface area (Å²) in [6.07, 6.45) is -0.300. The maximum absolute atomic E-state index is 11.8. The fourth-order valence-corrected chi connectivity index (χ4v) is 1.78. The van der Waals surface area contributed by atoms with E-state index in [0.29, 0.717) is 6.42 Å². The summed E-state index contributed by atoms with van der Waals surface area (Å²) in [7, 11) is 0. The van der Waals surface area contributed by atoms with Crippen molar-refractivity contribution in [1.82, 2.24) is 20.5 Å². The van der Waals surface area contributed by atoms with Gasteiger partial charge in [-0.3, -0.25) is 9.78 Å². The summed E-state index contributed by atoms with van der Waals surface area (Å²) in [6, 6.07) is 9.02. The van der Waals surface area contributed by atoms with Crippen LogP contribution in [0.2, 0.25) is 0 Å². The number of benzene rings is 1. The smallest absolute Gasteiger partial charge is 0.341 e. The number of aromatic amines is 2. The first kappa shape index (κ1) is 14.0. The van der Waals surface area contributed by atoms with Crippen LogP contribution in [-0.2, 0) is 6.42 Å². The highest BCUT2D eigenvalue weighted by molar-refractivity contribution is 5.90. The van der Waals surface area contributed by atoms with E-state index in [1.807, 2.05) is 30.3 Å². The number of nitrogens with one attached hydrogen (secondary N) is 3. The third-order valence-corrected chi connectivity index (χ3v) is 2.94. The Kier molecular flexibility index (Phi) is 4.31. The van der Waals surface area contributed by atoms with E-state index in [2.05, 4.69) is 20.5 Å². The van der Waals surface area contributed by atoms with Gasteiger partial charge in [-0.25, -0.2) is 9.89 Å². The Morgan fingerprint density at radius 3 is 2.70 bits per heavy atom. The summed E-state index contributed by atoms with van der Waals surface area (Å²) in [6.45, 7) is 1.69. The number of aliphatic hydroxyl groups is 1. The molecular weight excluding hydrogens is 260 g/mol. The largest absolute Gasteiger partial charge is 0.391 e. The zero-order valence-electron chi connectivity index (χ0n) is 11.0. The molecule has 2 unspecified atom stereocenters. The molecule has 0 spiro atoms. The maximum Gasteiger partial charge on any atom is 0.341 e. The van der Waals surface area contributed by atoms with Crippen molar-refractivity contribution >= 4 is 5.91 Å². The van der Waals surface area contributed by atoms with Crippen molar-refractivity contribution in [3.05, 3.63) is 52.2 Å². The second kappa shape index (κ2) is 6.16. The van der Waals surface area contributed by atoms with Crippen molar-refractivity contribution < 1.29 is 9.90 Å². The Labute approximate surface area is 115 Å². The molecule has 0 aliphatic rings. The second-order valence-corrected chi connectivity index (χ2v) is 4.55. The molecule has 106 valence electrons. The van der Waals surface area contributed by atoms with Crippen molar-refractivity contribution in [3.8, 4) is 0 Å². The molecule has 20 heavy (non-hydrogen) atoms. The van der Waals surface area contributed by atoms with E-state index in [-0.39, 0.29) is 5.82 Å². The van der Waals surface area contributed by atoms with E-state index >= 15 is 0 Å². The number of hydrogen-bond donors (Lipinski definition) is 4. The Balaban J connectivity index is 1.92. The van der Waals surface area contributed by atoms with Crippen LogP contribution in [0.5, 0.6) is 0 Å². The van der Waals surface area contributed by atoms with Crippen molar-refractivity contribution in [2.24, 2.45) is 0 Å². The molecular formula is C13H16N4O3. The first-order valence-corrected chi connectivity index (χ1v) is 6.24. The lowest BCUT2D eigenvalue weighted by Crippen LogP contribution is -2.42. The van der Waals surface area contributed by atoms with Crippen LogP contribution in [0.3, 0.4) is 0 Å². The number of carbonyl (C=O) groups excluding carboxylic acids is 1. The topological polar surface area (TPSA) is 111 Å². The summed E-state index contributed by atoms with van der Waals surface area (Å²) in [5, 5.41) is 18.3. The van der Waals surface area contributed by atoms with Crippen molar-refractivity contribution in [1.29, 1.82) is 0 Å². The minimum absolute atomic E-state index is 0.103. The molecule has 0 aliphatic heterocycles. The Morgan fingerprint density at radius 1 is 1.40 bits per heavy atom. The van der Waals surface area contributed by atoms with Crippen LogP contribution in [0.15, 0.2) is 35.1 Å². The zero-order chi connectivity index (χ0) is 14.5. The Hall–Kier alpha value is -2.41. The summed E-state index contributed by atoms with van der Waals surface area (Å²) in [4.78, 5) is 24.9. The molecule has 2 atom stereocenters. The van der Waals surface area contributed by atoms with Gasteiger partial charge in [-0.2, -0.15) is 0 Å². The third kappa shape index (κ3) is 3.55. The lowest BCUT2D eigenvalue weighted by atomic mass is 10.0. The molecule has 1 amide bonds.